The number of hydrogen-bond donors (Lipinski definition) is 2. The van der Waals surface area contributed by atoms with Gasteiger partial charge in [-0.1, -0.05) is 12.1 Å². The Morgan fingerprint density at radius 3 is 2.67 bits per heavy atom. The first-order valence-corrected chi connectivity index (χ1v) is 10.7. The number of nitrogens with zero attached hydrogens (tertiary/aromatic N) is 2. The summed E-state index contributed by atoms with van der Waals surface area (Å²) in [6, 6.07) is 12.8. The van der Waals surface area contributed by atoms with Gasteiger partial charge in [-0.05, 0) is 54.8 Å². The predicted octanol–water partition coefficient (Wildman–Crippen LogP) is 3.78. The summed E-state index contributed by atoms with van der Waals surface area (Å²) < 4.78 is 10.2. The summed E-state index contributed by atoms with van der Waals surface area (Å²) in [7, 11) is 3.01. The summed E-state index contributed by atoms with van der Waals surface area (Å²) in [5.41, 5.74) is 5.71. The lowest BCUT2D eigenvalue weighted by Gasteiger charge is -2.26. The number of rotatable bonds is 6. The van der Waals surface area contributed by atoms with Gasteiger partial charge in [-0.2, -0.15) is 5.10 Å². The molecule has 0 fully saturated rings. The molecule has 33 heavy (non-hydrogen) atoms. The summed E-state index contributed by atoms with van der Waals surface area (Å²) in [5, 5.41) is 8.29. The van der Waals surface area contributed by atoms with Crippen molar-refractivity contribution in [2.45, 2.75) is 19.4 Å². The second kappa shape index (κ2) is 8.12. The van der Waals surface area contributed by atoms with Crippen molar-refractivity contribution >= 4 is 22.8 Å². The van der Waals surface area contributed by atoms with Crippen LogP contribution in [0.5, 0.6) is 5.75 Å². The molecule has 5 rings (SSSR count). The Hall–Kier alpha value is -4.07. The van der Waals surface area contributed by atoms with Crippen LogP contribution in [0.2, 0.25) is 0 Å². The highest BCUT2D eigenvalue weighted by molar-refractivity contribution is 5.98. The van der Waals surface area contributed by atoms with E-state index in [-0.39, 0.29) is 11.9 Å². The molecule has 1 unspecified atom stereocenters. The average molecular weight is 444 g/mol. The van der Waals surface area contributed by atoms with Gasteiger partial charge in [0.1, 0.15) is 5.75 Å². The number of benzene rings is 2. The summed E-state index contributed by atoms with van der Waals surface area (Å²) >= 11 is 0. The van der Waals surface area contributed by atoms with E-state index in [1.807, 2.05) is 48.4 Å². The number of carbonyl (C=O) groups is 2. The van der Waals surface area contributed by atoms with Crippen molar-refractivity contribution in [3.8, 4) is 5.75 Å². The van der Waals surface area contributed by atoms with E-state index in [1.54, 1.807) is 19.2 Å². The highest BCUT2D eigenvalue weighted by atomic mass is 16.5. The molecule has 1 atom stereocenters. The van der Waals surface area contributed by atoms with Crippen LogP contribution in [0.25, 0.3) is 10.9 Å². The van der Waals surface area contributed by atoms with Gasteiger partial charge in [-0.3, -0.25) is 9.89 Å². The second-order valence-corrected chi connectivity index (χ2v) is 8.10. The van der Waals surface area contributed by atoms with Crippen molar-refractivity contribution in [3.63, 3.8) is 0 Å². The zero-order valence-corrected chi connectivity index (χ0v) is 18.6. The first kappa shape index (κ1) is 20.8. The predicted molar refractivity (Wildman–Crippen MR) is 123 cm³/mol. The fourth-order valence-electron chi connectivity index (χ4n) is 4.57. The van der Waals surface area contributed by atoms with Crippen LogP contribution in [0, 0.1) is 6.92 Å². The van der Waals surface area contributed by atoms with Crippen LogP contribution in [-0.2, 0) is 11.2 Å². The van der Waals surface area contributed by atoms with Crippen molar-refractivity contribution in [2.24, 2.45) is 0 Å². The summed E-state index contributed by atoms with van der Waals surface area (Å²) in [6.45, 7) is 2.44. The molecule has 0 saturated carbocycles. The third-order valence-electron chi connectivity index (χ3n) is 6.29. The smallest absolute Gasteiger partial charge is 0.337 e. The largest absolute Gasteiger partial charge is 0.497 e. The third kappa shape index (κ3) is 3.44. The molecule has 8 nitrogen and oxygen atoms in total. The number of carbonyl (C=O) groups excluding carboxylic acids is 2. The maximum absolute atomic E-state index is 13.3. The van der Waals surface area contributed by atoms with Gasteiger partial charge in [0, 0.05) is 34.9 Å². The molecule has 2 aromatic carbocycles. The van der Waals surface area contributed by atoms with E-state index in [2.05, 4.69) is 15.2 Å². The number of aromatic nitrogens is 3. The number of aromatic amines is 2. The minimum Gasteiger partial charge on any atom is -0.497 e. The number of H-pyrrole nitrogens is 2. The fourth-order valence-corrected chi connectivity index (χ4v) is 4.57. The van der Waals surface area contributed by atoms with E-state index < -0.39 is 5.97 Å². The third-order valence-corrected chi connectivity index (χ3v) is 6.29. The van der Waals surface area contributed by atoms with Gasteiger partial charge in [-0.15, -0.1) is 0 Å². The van der Waals surface area contributed by atoms with Crippen molar-refractivity contribution in [3.05, 3.63) is 82.3 Å². The molecule has 8 heteroatoms. The van der Waals surface area contributed by atoms with Gasteiger partial charge in [0.25, 0.3) is 5.91 Å². The molecule has 168 valence electrons. The lowest BCUT2D eigenvalue weighted by Crippen LogP contribution is -2.31. The minimum absolute atomic E-state index is 0.103. The summed E-state index contributed by atoms with van der Waals surface area (Å²) in [4.78, 5) is 30.3. The first-order valence-electron chi connectivity index (χ1n) is 10.7. The van der Waals surface area contributed by atoms with Crippen molar-refractivity contribution < 1.29 is 19.1 Å². The van der Waals surface area contributed by atoms with Crippen LogP contribution in [0.3, 0.4) is 0 Å². The molecule has 0 bridgehead atoms. The van der Waals surface area contributed by atoms with Crippen LogP contribution < -0.4 is 4.74 Å². The number of nitrogens with one attached hydrogen (secondary N) is 2. The number of esters is 1. The molecule has 1 aliphatic rings. The molecule has 3 heterocycles. The molecular formula is C25H24N4O4. The molecule has 1 amide bonds. The van der Waals surface area contributed by atoms with Crippen molar-refractivity contribution in [1.29, 1.82) is 0 Å². The van der Waals surface area contributed by atoms with Gasteiger partial charge < -0.3 is 19.4 Å². The number of fused-ring (bicyclic) bond motifs is 2. The molecule has 0 saturated heterocycles. The van der Waals surface area contributed by atoms with Crippen LogP contribution in [0.4, 0.5) is 0 Å². The monoisotopic (exact) mass is 444 g/mol. The molecule has 0 spiro atoms. The van der Waals surface area contributed by atoms with E-state index in [1.165, 1.54) is 7.11 Å². The SMILES string of the molecule is COC(=O)c1ccc(C2c3c(n[nH]c3C)C(=O)N2CCc2c[nH]c3ccc(OC)cc23)cc1. The van der Waals surface area contributed by atoms with Gasteiger partial charge in [-0.25, -0.2) is 4.79 Å². The lowest BCUT2D eigenvalue weighted by atomic mass is 9.98. The lowest BCUT2D eigenvalue weighted by molar-refractivity contribution is 0.0600. The Morgan fingerprint density at radius 2 is 1.94 bits per heavy atom. The summed E-state index contributed by atoms with van der Waals surface area (Å²) in [6.07, 6.45) is 2.65. The summed E-state index contributed by atoms with van der Waals surface area (Å²) in [5.74, 6) is 0.296. The second-order valence-electron chi connectivity index (χ2n) is 8.10. The number of methoxy groups -OCH3 is 2. The normalized spacial score (nSPS) is 15.2. The maximum Gasteiger partial charge on any atom is 0.337 e. The maximum atomic E-state index is 13.3. The fraction of sp³-hybridized carbons (Fsp3) is 0.240. The standard InChI is InChI=1S/C25H24N4O4/c1-14-21-22(28-27-14)24(30)29(23(21)15-4-6-16(7-5-15)25(31)33-3)11-10-17-13-26-20-9-8-18(32-2)12-19(17)20/h4-9,12-13,23,26H,10-11H2,1-3H3,(H,27,28). The van der Waals surface area contributed by atoms with E-state index in [9.17, 15) is 9.59 Å². The molecule has 0 radical (unpaired) electrons. The van der Waals surface area contributed by atoms with Gasteiger partial charge in [0.15, 0.2) is 5.69 Å². The van der Waals surface area contributed by atoms with Crippen molar-refractivity contribution in [1.82, 2.24) is 20.1 Å². The first-order chi connectivity index (χ1) is 16.0. The molecule has 2 N–H and O–H groups in total. The minimum atomic E-state index is -0.393. The number of ether oxygens (including phenoxy) is 2. The van der Waals surface area contributed by atoms with E-state index in [4.69, 9.17) is 9.47 Å². The van der Waals surface area contributed by atoms with E-state index in [0.29, 0.717) is 24.2 Å². The van der Waals surface area contributed by atoms with E-state index in [0.717, 1.165) is 39.0 Å². The zero-order valence-electron chi connectivity index (χ0n) is 18.6. The quantitative estimate of drug-likeness (QED) is 0.441. The molecule has 2 aromatic heterocycles. The number of hydrogen-bond acceptors (Lipinski definition) is 5. The topological polar surface area (TPSA) is 100 Å². The molecule has 4 aromatic rings. The van der Waals surface area contributed by atoms with Crippen LogP contribution in [0.15, 0.2) is 48.7 Å². The molecule has 1 aliphatic heterocycles. The zero-order chi connectivity index (χ0) is 23.1. The average Bonchev–Trinajstić information content (AvgIpc) is 3.51. The highest BCUT2D eigenvalue weighted by Gasteiger charge is 2.41. The number of aryl methyl sites for hydroxylation is 1. The van der Waals surface area contributed by atoms with Gasteiger partial charge >= 0.3 is 5.97 Å². The van der Waals surface area contributed by atoms with Crippen LogP contribution >= 0.6 is 0 Å². The Bertz CT molecular complexity index is 1350. The van der Waals surface area contributed by atoms with Crippen molar-refractivity contribution in [2.75, 3.05) is 20.8 Å². The highest BCUT2D eigenvalue weighted by Crippen LogP contribution is 2.39. The Balaban J connectivity index is 1.47. The van der Waals surface area contributed by atoms with Crippen LogP contribution in [-0.4, -0.2) is 52.7 Å². The van der Waals surface area contributed by atoms with Gasteiger partial charge in [0.05, 0.1) is 25.8 Å². The Kier molecular flexibility index (Phi) is 5.12. The van der Waals surface area contributed by atoms with Crippen LogP contribution in [0.1, 0.15) is 49.3 Å². The Labute approximate surface area is 190 Å². The molecule has 0 aliphatic carbocycles. The van der Waals surface area contributed by atoms with E-state index >= 15 is 0 Å². The number of amides is 1. The Morgan fingerprint density at radius 1 is 1.15 bits per heavy atom. The molecular weight excluding hydrogens is 420 g/mol. The van der Waals surface area contributed by atoms with Gasteiger partial charge in [0.2, 0.25) is 0 Å².